The summed E-state index contributed by atoms with van der Waals surface area (Å²) in [5.41, 5.74) is 2.48. The highest BCUT2D eigenvalue weighted by molar-refractivity contribution is 6.01. The van der Waals surface area contributed by atoms with Crippen LogP contribution in [0.2, 0.25) is 0 Å². The second-order valence-electron chi connectivity index (χ2n) is 8.55. The Bertz CT molecular complexity index is 1030. The number of nitrogens with zero attached hydrogens (tertiary/aromatic N) is 4. The minimum Gasteiger partial charge on any atom is -0.482 e. The van der Waals surface area contributed by atoms with Gasteiger partial charge in [0.2, 0.25) is 0 Å². The van der Waals surface area contributed by atoms with Gasteiger partial charge in [-0.1, -0.05) is 6.92 Å². The molecule has 0 radical (unpaired) electrons. The molecule has 0 aliphatic carbocycles. The molecule has 11 nitrogen and oxygen atoms in total. The van der Waals surface area contributed by atoms with E-state index < -0.39 is 18.3 Å². The zero-order valence-electron chi connectivity index (χ0n) is 22.8. The number of rotatable bonds is 13. The molecule has 3 rings (SSSR count). The van der Waals surface area contributed by atoms with Crippen LogP contribution in [0.25, 0.3) is 0 Å². The van der Waals surface area contributed by atoms with E-state index in [9.17, 15) is 9.59 Å². The van der Waals surface area contributed by atoms with Gasteiger partial charge in [0, 0.05) is 44.8 Å². The highest BCUT2D eigenvalue weighted by Crippen LogP contribution is 2.22. The first-order chi connectivity index (χ1) is 18.5. The summed E-state index contributed by atoms with van der Waals surface area (Å²) in [6.45, 7) is 11.6. The van der Waals surface area contributed by atoms with Gasteiger partial charge in [-0.05, 0) is 51.6 Å². The number of ether oxygens (including phenoxy) is 4. The fourth-order valence-electron chi connectivity index (χ4n) is 4.10. The Morgan fingerprint density at radius 3 is 2.32 bits per heavy atom. The first-order valence-corrected chi connectivity index (χ1v) is 13.2. The number of amides is 2. The quantitative estimate of drug-likeness (QED) is 0.308. The lowest BCUT2D eigenvalue weighted by Crippen LogP contribution is -2.42. The summed E-state index contributed by atoms with van der Waals surface area (Å²) in [7, 11) is 0. The van der Waals surface area contributed by atoms with Gasteiger partial charge in [0.1, 0.15) is 5.75 Å². The summed E-state index contributed by atoms with van der Waals surface area (Å²) >= 11 is 0. The number of urea groups is 1. The third-order valence-electron chi connectivity index (χ3n) is 6.04. The molecular formula is C27H39N5O6. The standard InChI is InChI=1S/C27H39N5O6/c1-5-31-15-13-22-23(14-16-31)29-24(17-28-22)30-27(34)32(18-26(36-7-3)37-8-4)20-9-11-21(12-10-20)38-19-25(33)35-6-2/h9-12,17,26H,5-8,13-16,18-19H2,1-4H3,(H,29,30,34). The molecule has 0 bridgehead atoms. The number of benzene rings is 1. The number of carbonyl (C=O) groups excluding carboxylic acids is 2. The first kappa shape index (κ1) is 29.3. The van der Waals surface area contributed by atoms with Crippen molar-refractivity contribution in [1.29, 1.82) is 0 Å². The minimum atomic E-state index is -0.617. The smallest absolute Gasteiger partial charge is 0.344 e. The second kappa shape index (κ2) is 15.2. The van der Waals surface area contributed by atoms with Crippen LogP contribution in [0.15, 0.2) is 30.5 Å². The molecule has 1 aromatic carbocycles. The van der Waals surface area contributed by atoms with Crippen LogP contribution < -0.4 is 15.0 Å². The highest BCUT2D eigenvalue weighted by atomic mass is 16.7. The molecule has 0 saturated heterocycles. The Hall–Kier alpha value is -3.28. The summed E-state index contributed by atoms with van der Waals surface area (Å²) in [6.07, 6.45) is 2.61. The normalized spacial score (nSPS) is 13.5. The number of nitrogens with one attached hydrogen (secondary N) is 1. The van der Waals surface area contributed by atoms with Gasteiger partial charge in [-0.3, -0.25) is 15.2 Å². The number of aromatic nitrogens is 2. The molecule has 0 saturated carbocycles. The molecule has 208 valence electrons. The van der Waals surface area contributed by atoms with E-state index in [1.165, 1.54) is 4.90 Å². The summed E-state index contributed by atoms with van der Waals surface area (Å²) in [5, 5.41) is 2.89. The number of likely N-dealkylation sites (N-methyl/N-ethyl adjacent to an activating group) is 1. The van der Waals surface area contributed by atoms with Gasteiger partial charge < -0.3 is 23.8 Å². The fourth-order valence-corrected chi connectivity index (χ4v) is 4.10. The van der Waals surface area contributed by atoms with Crippen molar-refractivity contribution < 1.29 is 28.5 Å². The Morgan fingerprint density at radius 1 is 1.00 bits per heavy atom. The van der Waals surface area contributed by atoms with Crippen LogP contribution in [0, 0.1) is 0 Å². The molecule has 1 N–H and O–H groups in total. The molecule has 1 aliphatic rings. The van der Waals surface area contributed by atoms with Crippen molar-refractivity contribution in [3.63, 3.8) is 0 Å². The maximum absolute atomic E-state index is 13.5. The number of anilines is 2. The van der Waals surface area contributed by atoms with Gasteiger partial charge in [-0.15, -0.1) is 0 Å². The maximum Gasteiger partial charge on any atom is 0.344 e. The lowest BCUT2D eigenvalue weighted by molar-refractivity contribution is -0.145. The van der Waals surface area contributed by atoms with E-state index in [1.54, 1.807) is 37.4 Å². The average Bonchev–Trinajstić information content (AvgIpc) is 3.13. The van der Waals surface area contributed by atoms with E-state index in [1.807, 2.05) is 13.8 Å². The number of esters is 1. The van der Waals surface area contributed by atoms with Crippen LogP contribution in [0.4, 0.5) is 16.3 Å². The van der Waals surface area contributed by atoms with Gasteiger partial charge in [-0.2, -0.15) is 0 Å². The third-order valence-corrected chi connectivity index (χ3v) is 6.04. The molecule has 1 aliphatic heterocycles. The Kier molecular flexibility index (Phi) is 11.7. The molecule has 0 unspecified atom stereocenters. The second-order valence-corrected chi connectivity index (χ2v) is 8.55. The van der Waals surface area contributed by atoms with Crippen molar-refractivity contribution in [2.45, 2.75) is 46.8 Å². The zero-order chi connectivity index (χ0) is 27.3. The molecule has 38 heavy (non-hydrogen) atoms. The molecule has 0 atom stereocenters. The molecule has 0 spiro atoms. The van der Waals surface area contributed by atoms with Crippen LogP contribution >= 0.6 is 0 Å². The van der Waals surface area contributed by atoms with Crippen molar-refractivity contribution in [3.8, 4) is 5.75 Å². The van der Waals surface area contributed by atoms with Gasteiger partial charge >= 0.3 is 12.0 Å². The van der Waals surface area contributed by atoms with E-state index in [4.69, 9.17) is 23.9 Å². The number of hydrogen-bond acceptors (Lipinski definition) is 9. The van der Waals surface area contributed by atoms with Gasteiger partial charge in [-0.25, -0.2) is 14.6 Å². The first-order valence-electron chi connectivity index (χ1n) is 13.2. The van der Waals surface area contributed by atoms with Crippen molar-refractivity contribution in [3.05, 3.63) is 41.9 Å². The Balaban J connectivity index is 1.77. The Morgan fingerprint density at radius 2 is 1.68 bits per heavy atom. The molecule has 2 aromatic rings. The lowest BCUT2D eigenvalue weighted by atomic mass is 10.2. The summed E-state index contributed by atoms with van der Waals surface area (Å²) in [5.74, 6) is 0.423. The van der Waals surface area contributed by atoms with Gasteiger partial charge in [0.15, 0.2) is 18.7 Å². The van der Waals surface area contributed by atoms with Gasteiger partial charge in [0.05, 0.1) is 30.7 Å². The summed E-state index contributed by atoms with van der Waals surface area (Å²) in [6, 6.07) is 6.45. The number of fused-ring (bicyclic) bond motifs is 1. The van der Waals surface area contributed by atoms with Crippen molar-refractivity contribution in [1.82, 2.24) is 14.9 Å². The number of hydrogen-bond donors (Lipinski definition) is 1. The van der Waals surface area contributed by atoms with E-state index in [0.29, 0.717) is 30.5 Å². The average molecular weight is 530 g/mol. The van der Waals surface area contributed by atoms with Gasteiger partial charge in [0.25, 0.3) is 0 Å². The van der Waals surface area contributed by atoms with Crippen LogP contribution in [0.1, 0.15) is 39.1 Å². The molecule has 2 heterocycles. The third kappa shape index (κ3) is 8.64. The number of carbonyl (C=O) groups is 2. The van der Waals surface area contributed by atoms with Crippen molar-refractivity contribution in [2.75, 3.05) is 62.8 Å². The van der Waals surface area contributed by atoms with Crippen LogP contribution in [-0.2, 0) is 31.8 Å². The Labute approximate surface area is 224 Å². The monoisotopic (exact) mass is 529 g/mol. The zero-order valence-corrected chi connectivity index (χ0v) is 22.8. The summed E-state index contributed by atoms with van der Waals surface area (Å²) in [4.78, 5) is 38.3. The van der Waals surface area contributed by atoms with E-state index >= 15 is 0 Å². The minimum absolute atomic E-state index is 0.153. The predicted octanol–water partition coefficient (Wildman–Crippen LogP) is 3.28. The molecule has 11 heteroatoms. The van der Waals surface area contributed by atoms with Crippen molar-refractivity contribution in [2.24, 2.45) is 0 Å². The van der Waals surface area contributed by atoms with E-state index in [-0.39, 0.29) is 19.8 Å². The van der Waals surface area contributed by atoms with E-state index in [2.05, 4.69) is 22.1 Å². The molecule has 2 amide bonds. The molecular weight excluding hydrogens is 490 g/mol. The summed E-state index contributed by atoms with van der Waals surface area (Å²) < 4.78 is 21.8. The molecule has 0 fully saturated rings. The highest BCUT2D eigenvalue weighted by Gasteiger charge is 2.23. The SMILES string of the molecule is CCOC(=O)COc1ccc(N(CC(OCC)OCC)C(=O)Nc2cnc3c(n2)CCN(CC)CC3)cc1. The van der Waals surface area contributed by atoms with Crippen LogP contribution in [-0.4, -0.2) is 85.8 Å². The van der Waals surface area contributed by atoms with E-state index in [0.717, 1.165) is 43.9 Å². The predicted molar refractivity (Wildman–Crippen MR) is 144 cm³/mol. The van der Waals surface area contributed by atoms with Crippen molar-refractivity contribution >= 4 is 23.5 Å². The van der Waals surface area contributed by atoms with Crippen LogP contribution in [0.5, 0.6) is 5.75 Å². The molecule has 1 aromatic heterocycles. The van der Waals surface area contributed by atoms with Crippen LogP contribution in [0.3, 0.4) is 0 Å². The fraction of sp³-hybridized carbons (Fsp3) is 0.556. The maximum atomic E-state index is 13.5. The largest absolute Gasteiger partial charge is 0.482 e. The topological polar surface area (TPSA) is 115 Å². The lowest BCUT2D eigenvalue weighted by Gasteiger charge is -2.27.